The molecule has 0 saturated carbocycles. The van der Waals surface area contributed by atoms with Crippen LogP contribution in [0.3, 0.4) is 0 Å². The van der Waals surface area contributed by atoms with Gasteiger partial charge in [0.15, 0.2) is 5.13 Å². The summed E-state index contributed by atoms with van der Waals surface area (Å²) in [5, 5.41) is 7.69. The molecule has 0 bridgehead atoms. The van der Waals surface area contributed by atoms with Crippen molar-refractivity contribution in [3.05, 3.63) is 47.0 Å². The van der Waals surface area contributed by atoms with Gasteiger partial charge in [-0.05, 0) is 32.9 Å². The van der Waals surface area contributed by atoms with Gasteiger partial charge in [-0.2, -0.15) is 0 Å². The number of rotatable bonds is 6. The maximum absolute atomic E-state index is 12.3. The van der Waals surface area contributed by atoms with Crippen LogP contribution in [0.2, 0.25) is 0 Å². The van der Waals surface area contributed by atoms with E-state index in [2.05, 4.69) is 15.6 Å². The molecular weight excluding hydrogens is 364 g/mol. The van der Waals surface area contributed by atoms with E-state index in [9.17, 15) is 14.4 Å². The van der Waals surface area contributed by atoms with Gasteiger partial charge in [0.2, 0.25) is 11.8 Å². The van der Waals surface area contributed by atoms with Crippen molar-refractivity contribution in [1.29, 1.82) is 0 Å². The average molecular weight is 388 g/mol. The van der Waals surface area contributed by atoms with E-state index in [0.29, 0.717) is 16.4 Å². The van der Waals surface area contributed by atoms with E-state index >= 15 is 0 Å². The summed E-state index contributed by atoms with van der Waals surface area (Å²) in [5.74, 6) is -0.684. The fraction of sp³-hybridized carbons (Fsp3) is 0.368. The number of nitrogens with zero attached hydrogens (tertiary/aromatic N) is 2. The summed E-state index contributed by atoms with van der Waals surface area (Å²) in [6, 6.07) is 8.83. The zero-order valence-corrected chi connectivity index (χ0v) is 16.7. The summed E-state index contributed by atoms with van der Waals surface area (Å²) in [6.45, 7) is 5.63. The lowest BCUT2D eigenvalue weighted by Gasteiger charge is -2.23. The number of anilines is 1. The van der Waals surface area contributed by atoms with Gasteiger partial charge in [0.05, 0.1) is 18.7 Å². The largest absolute Gasteiger partial charge is 0.350 e. The van der Waals surface area contributed by atoms with Crippen LogP contribution in [-0.2, 0) is 16.0 Å². The molecule has 2 rings (SSSR count). The predicted molar refractivity (Wildman–Crippen MR) is 106 cm³/mol. The fourth-order valence-electron chi connectivity index (χ4n) is 2.26. The predicted octanol–water partition coefficient (Wildman–Crippen LogP) is 2.31. The maximum atomic E-state index is 12.3. The highest BCUT2D eigenvalue weighted by Crippen LogP contribution is 2.17. The molecule has 8 heteroatoms. The van der Waals surface area contributed by atoms with Crippen molar-refractivity contribution in [2.24, 2.45) is 0 Å². The molecule has 0 unspecified atom stereocenters. The topological polar surface area (TPSA) is 91.4 Å². The van der Waals surface area contributed by atoms with Crippen molar-refractivity contribution in [2.45, 2.75) is 32.7 Å². The maximum Gasteiger partial charge on any atom is 0.257 e. The first kappa shape index (κ1) is 20.6. The normalized spacial score (nSPS) is 11.0. The van der Waals surface area contributed by atoms with Gasteiger partial charge in [-0.15, -0.1) is 11.3 Å². The standard InChI is InChI=1S/C19H24N4O3S/c1-19(2,3)22-15(24)11-23(4)16(25)10-14-12-27-18(20-14)21-17(26)13-8-6-5-7-9-13/h5-9,12H,10-11H2,1-4H3,(H,22,24)(H,20,21,26). The Morgan fingerprint density at radius 2 is 1.81 bits per heavy atom. The minimum atomic E-state index is -0.345. The molecule has 3 amide bonds. The summed E-state index contributed by atoms with van der Waals surface area (Å²) >= 11 is 1.25. The SMILES string of the molecule is CN(CC(=O)NC(C)(C)C)C(=O)Cc1csc(NC(=O)c2ccccc2)n1. The summed E-state index contributed by atoms with van der Waals surface area (Å²) in [5.41, 5.74) is 0.744. The second-order valence-electron chi connectivity index (χ2n) is 7.19. The zero-order chi connectivity index (χ0) is 20.0. The molecule has 0 spiro atoms. The summed E-state index contributed by atoms with van der Waals surface area (Å²) in [6.07, 6.45) is 0.0665. The number of thiazole rings is 1. The molecule has 0 radical (unpaired) electrons. The number of nitrogens with one attached hydrogen (secondary N) is 2. The third-order valence-corrected chi connectivity index (χ3v) is 4.27. The molecule has 0 aliphatic rings. The van der Waals surface area contributed by atoms with Crippen LogP contribution in [0.15, 0.2) is 35.7 Å². The fourth-order valence-corrected chi connectivity index (χ4v) is 2.96. The molecule has 144 valence electrons. The van der Waals surface area contributed by atoms with E-state index in [0.717, 1.165) is 0 Å². The Hall–Kier alpha value is -2.74. The van der Waals surface area contributed by atoms with Crippen molar-refractivity contribution in [3.63, 3.8) is 0 Å². The lowest BCUT2D eigenvalue weighted by atomic mass is 10.1. The van der Waals surface area contributed by atoms with Crippen LogP contribution in [-0.4, -0.2) is 46.7 Å². The number of carbonyl (C=O) groups is 3. The van der Waals surface area contributed by atoms with Gasteiger partial charge in [-0.25, -0.2) is 4.98 Å². The monoisotopic (exact) mass is 388 g/mol. The number of hydrogen-bond acceptors (Lipinski definition) is 5. The minimum Gasteiger partial charge on any atom is -0.350 e. The highest BCUT2D eigenvalue weighted by Gasteiger charge is 2.19. The van der Waals surface area contributed by atoms with Crippen LogP contribution in [0.5, 0.6) is 0 Å². The third kappa shape index (κ3) is 6.82. The van der Waals surface area contributed by atoms with Gasteiger partial charge in [-0.1, -0.05) is 18.2 Å². The molecule has 0 aliphatic heterocycles. The van der Waals surface area contributed by atoms with Gasteiger partial charge >= 0.3 is 0 Å². The molecular formula is C19H24N4O3S. The van der Waals surface area contributed by atoms with Crippen molar-refractivity contribution < 1.29 is 14.4 Å². The molecule has 0 atom stereocenters. The quantitative estimate of drug-likeness (QED) is 0.794. The lowest BCUT2D eigenvalue weighted by Crippen LogP contribution is -2.46. The Morgan fingerprint density at radius 1 is 1.15 bits per heavy atom. The van der Waals surface area contributed by atoms with E-state index < -0.39 is 0 Å². The van der Waals surface area contributed by atoms with Crippen LogP contribution < -0.4 is 10.6 Å². The Kier molecular flexibility index (Phi) is 6.68. The van der Waals surface area contributed by atoms with Crippen LogP contribution in [0.4, 0.5) is 5.13 Å². The average Bonchev–Trinajstić information content (AvgIpc) is 3.00. The molecule has 2 aromatic rings. The molecule has 0 saturated heterocycles. The van der Waals surface area contributed by atoms with Crippen molar-refractivity contribution in [3.8, 4) is 0 Å². The first-order chi connectivity index (χ1) is 12.6. The minimum absolute atomic E-state index is 0.0160. The van der Waals surface area contributed by atoms with Gasteiger partial charge in [0, 0.05) is 23.5 Å². The first-order valence-corrected chi connectivity index (χ1v) is 9.38. The highest BCUT2D eigenvalue weighted by atomic mass is 32.1. The summed E-state index contributed by atoms with van der Waals surface area (Å²) in [7, 11) is 1.58. The Bertz CT molecular complexity index is 812. The van der Waals surface area contributed by atoms with Crippen molar-refractivity contribution >= 4 is 34.2 Å². The van der Waals surface area contributed by atoms with Crippen LogP contribution in [0.25, 0.3) is 0 Å². The van der Waals surface area contributed by atoms with Crippen molar-refractivity contribution in [2.75, 3.05) is 18.9 Å². The summed E-state index contributed by atoms with van der Waals surface area (Å²) < 4.78 is 0. The van der Waals surface area contributed by atoms with Crippen LogP contribution >= 0.6 is 11.3 Å². The summed E-state index contributed by atoms with van der Waals surface area (Å²) in [4.78, 5) is 42.0. The van der Waals surface area contributed by atoms with Crippen molar-refractivity contribution in [1.82, 2.24) is 15.2 Å². The molecule has 1 aromatic heterocycles. The van der Waals surface area contributed by atoms with E-state index in [1.54, 1.807) is 36.7 Å². The van der Waals surface area contributed by atoms with Gasteiger partial charge in [-0.3, -0.25) is 19.7 Å². The van der Waals surface area contributed by atoms with Crippen LogP contribution in [0.1, 0.15) is 36.8 Å². The Morgan fingerprint density at radius 3 is 2.44 bits per heavy atom. The van der Waals surface area contributed by atoms with E-state index in [4.69, 9.17) is 0 Å². The Labute approximate surface area is 162 Å². The number of aromatic nitrogens is 1. The second kappa shape index (κ2) is 8.77. The smallest absolute Gasteiger partial charge is 0.257 e. The number of amides is 3. The molecule has 2 N–H and O–H groups in total. The van der Waals surface area contributed by atoms with Gasteiger partial charge < -0.3 is 10.2 Å². The lowest BCUT2D eigenvalue weighted by molar-refractivity contribution is -0.134. The number of likely N-dealkylation sites (N-methyl/N-ethyl adjacent to an activating group) is 1. The highest BCUT2D eigenvalue weighted by molar-refractivity contribution is 7.14. The Balaban J connectivity index is 1.88. The number of benzene rings is 1. The zero-order valence-electron chi connectivity index (χ0n) is 15.9. The molecule has 0 aliphatic carbocycles. The molecule has 1 heterocycles. The van der Waals surface area contributed by atoms with Gasteiger partial charge in [0.25, 0.3) is 5.91 Å². The molecule has 0 fully saturated rings. The number of hydrogen-bond donors (Lipinski definition) is 2. The third-order valence-electron chi connectivity index (χ3n) is 3.46. The number of carbonyl (C=O) groups excluding carboxylic acids is 3. The molecule has 7 nitrogen and oxygen atoms in total. The van der Waals surface area contributed by atoms with Crippen LogP contribution in [0, 0.1) is 0 Å². The van der Waals surface area contributed by atoms with Gasteiger partial charge in [0.1, 0.15) is 0 Å². The van der Waals surface area contributed by atoms with E-state index in [1.807, 2.05) is 26.8 Å². The second-order valence-corrected chi connectivity index (χ2v) is 8.05. The van der Waals surface area contributed by atoms with E-state index in [-0.39, 0.29) is 36.2 Å². The van der Waals surface area contributed by atoms with E-state index in [1.165, 1.54) is 16.2 Å². The first-order valence-electron chi connectivity index (χ1n) is 8.50. The molecule has 1 aromatic carbocycles. The molecule has 27 heavy (non-hydrogen) atoms.